The second-order valence-corrected chi connectivity index (χ2v) is 2.08. The predicted molar refractivity (Wildman–Crippen MR) is 43.1 cm³/mol. The van der Waals surface area contributed by atoms with Gasteiger partial charge in [-0.3, -0.25) is 0 Å². The number of aliphatic carboxylic acids is 1. The summed E-state index contributed by atoms with van der Waals surface area (Å²) in [5.74, 6) is -0.922. The van der Waals surface area contributed by atoms with Crippen molar-refractivity contribution in [3.63, 3.8) is 0 Å². The van der Waals surface area contributed by atoms with Crippen LogP contribution in [0.25, 0.3) is 6.08 Å². The van der Waals surface area contributed by atoms with Crippen LogP contribution in [-0.4, -0.2) is 11.1 Å². The number of hydrogen-bond donors (Lipinski definition) is 1. The monoisotopic (exact) mass is 301 g/mol. The van der Waals surface area contributed by atoms with Crippen molar-refractivity contribution in [2.45, 2.75) is 0 Å². The zero-order chi connectivity index (χ0) is 8.10. The van der Waals surface area contributed by atoms with Gasteiger partial charge in [-0.05, 0) is 11.6 Å². The second-order valence-electron chi connectivity index (χ2n) is 2.08. The molecule has 0 saturated carbocycles. The van der Waals surface area contributed by atoms with E-state index in [4.69, 9.17) is 5.11 Å². The van der Waals surface area contributed by atoms with E-state index in [2.05, 4.69) is 0 Å². The topological polar surface area (TPSA) is 37.3 Å². The van der Waals surface area contributed by atoms with E-state index in [9.17, 15) is 4.79 Å². The van der Waals surface area contributed by atoms with Gasteiger partial charge in [-0.15, -0.1) is 0 Å². The van der Waals surface area contributed by atoms with E-state index in [1.165, 1.54) is 0 Å². The van der Waals surface area contributed by atoms with Crippen molar-refractivity contribution in [1.82, 2.24) is 0 Å². The van der Waals surface area contributed by atoms with Crippen molar-refractivity contribution in [2.24, 2.45) is 0 Å². The molecular formula is C9H8EuO2. The van der Waals surface area contributed by atoms with Crippen LogP contribution in [-0.2, 0) is 4.79 Å². The molecule has 0 unspecified atom stereocenters. The first-order chi connectivity index (χ1) is 5.29. The molecule has 12 heavy (non-hydrogen) atoms. The van der Waals surface area contributed by atoms with E-state index in [0.29, 0.717) is 0 Å². The zero-order valence-corrected chi connectivity index (χ0v) is 8.70. The normalized spacial score (nSPS) is 9.33. The van der Waals surface area contributed by atoms with Crippen LogP contribution in [0.15, 0.2) is 36.4 Å². The van der Waals surface area contributed by atoms with Crippen molar-refractivity contribution in [2.75, 3.05) is 0 Å². The molecule has 0 atom stereocenters. The SMILES string of the molecule is O=C(O)/C=C/c1ccccc1.[Eu]. The molecule has 1 rings (SSSR count). The Morgan fingerprint density at radius 2 is 1.83 bits per heavy atom. The number of carbonyl (C=O) groups is 1. The minimum absolute atomic E-state index is 0. The molecule has 1 aromatic carbocycles. The summed E-state index contributed by atoms with van der Waals surface area (Å²) in [6, 6.07) is 9.31. The fraction of sp³-hybridized carbons (Fsp3) is 0. The Bertz CT molecular complexity index is 267. The molecule has 3 heteroatoms. The minimum atomic E-state index is -0.922. The molecule has 63 valence electrons. The minimum Gasteiger partial charge on any atom is -0.478 e. The Labute approximate surface area is 112 Å². The van der Waals surface area contributed by atoms with E-state index in [1.54, 1.807) is 6.08 Å². The Hall–Kier alpha value is 0.0144. The third kappa shape index (κ3) is 4.80. The summed E-state index contributed by atoms with van der Waals surface area (Å²) in [5.41, 5.74) is 0.898. The maximum Gasteiger partial charge on any atom is 0.328 e. The largest absolute Gasteiger partial charge is 0.478 e. The number of hydrogen-bond acceptors (Lipinski definition) is 1. The van der Waals surface area contributed by atoms with Crippen molar-refractivity contribution in [3.8, 4) is 0 Å². The molecule has 0 aliphatic carbocycles. The van der Waals surface area contributed by atoms with E-state index in [1.807, 2.05) is 30.3 Å². The molecule has 0 saturated heterocycles. The molecule has 0 spiro atoms. The molecule has 1 N–H and O–H groups in total. The molecule has 0 aromatic heterocycles. The van der Waals surface area contributed by atoms with Crippen LogP contribution in [0.1, 0.15) is 5.56 Å². The van der Waals surface area contributed by atoms with Gasteiger partial charge in [0.05, 0.1) is 0 Å². The van der Waals surface area contributed by atoms with Gasteiger partial charge in [0.1, 0.15) is 0 Å². The van der Waals surface area contributed by atoms with E-state index in [0.717, 1.165) is 11.6 Å². The van der Waals surface area contributed by atoms with Crippen molar-refractivity contribution in [1.29, 1.82) is 0 Å². The predicted octanol–water partition coefficient (Wildman–Crippen LogP) is 1.78. The van der Waals surface area contributed by atoms with Gasteiger partial charge < -0.3 is 5.11 Å². The fourth-order valence-corrected chi connectivity index (χ4v) is 0.732. The van der Waals surface area contributed by atoms with Crippen LogP contribution in [0.4, 0.5) is 0 Å². The molecule has 0 fully saturated rings. The molecule has 1 aromatic rings. The molecule has 0 heterocycles. The van der Waals surface area contributed by atoms with Gasteiger partial charge in [-0.25, -0.2) is 4.79 Å². The maximum absolute atomic E-state index is 10.1. The molecule has 1 radical (unpaired) electrons. The van der Waals surface area contributed by atoms with Gasteiger partial charge in [-0.2, -0.15) is 0 Å². The molecule has 0 bridgehead atoms. The Balaban J connectivity index is 0.00000121. The van der Waals surface area contributed by atoms with Crippen molar-refractivity contribution in [3.05, 3.63) is 42.0 Å². The number of rotatable bonds is 2. The molecule has 0 amide bonds. The standard InChI is InChI=1S/C9H8O2.Eu/c10-9(11)7-6-8-4-2-1-3-5-8;/h1-7H,(H,10,11);/b7-6+;. The van der Waals surface area contributed by atoms with Gasteiger partial charge >= 0.3 is 5.97 Å². The fourth-order valence-electron chi connectivity index (χ4n) is 0.732. The second kappa shape index (κ2) is 6.52. The smallest absolute Gasteiger partial charge is 0.328 e. The third-order valence-corrected chi connectivity index (χ3v) is 1.22. The average Bonchev–Trinajstić information content (AvgIpc) is 2.03. The van der Waals surface area contributed by atoms with Gasteiger partial charge in [0.25, 0.3) is 0 Å². The molecule has 0 aliphatic heterocycles. The van der Waals surface area contributed by atoms with E-state index < -0.39 is 5.97 Å². The van der Waals surface area contributed by atoms with Gasteiger partial charge in [0.2, 0.25) is 0 Å². The van der Waals surface area contributed by atoms with Crippen LogP contribution in [0.2, 0.25) is 0 Å². The summed E-state index contributed by atoms with van der Waals surface area (Å²) in [6.45, 7) is 0. The van der Waals surface area contributed by atoms with Gasteiger partial charge in [0.15, 0.2) is 0 Å². The van der Waals surface area contributed by atoms with E-state index in [-0.39, 0.29) is 49.4 Å². The van der Waals surface area contributed by atoms with Crippen molar-refractivity contribution < 1.29 is 59.3 Å². The molecular weight excluding hydrogens is 292 g/mol. The first-order valence-corrected chi connectivity index (χ1v) is 3.25. The Kier molecular flexibility index (Phi) is 6.53. The summed E-state index contributed by atoms with van der Waals surface area (Å²) in [5, 5.41) is 8.29. The molecule has 2 nitrogen and oxygen atoms in total. The van der Waals surface area contributed by atoms with Gasteiger partial charge in [-0.1, -0.05) is 30.3 Å². The third-order valence-electron chi connectivity index (χ3n) is 1.22. The number of carboxylic acid groups (broad SMARTS) is 1. The van der Waals surface area contributed by atoms with Crippen LogP contribution in [0.5, 0.6) is 0 Å². The Morgan fingerprint density at radius 3 is 2.33 bits per heavy atom. The van der Waals surface area contributed by atoms with Crippen molar-refractivity contribution >= 4 is 12.0 Å². The quantitative estimate of drug-likeness (QED) is 0.846. The summed E-state index contributed by atoms with van der Waals surface area (Å²) in [6.07, 6.45) is 2.68. The summed E-state index contributed by atoms with van der Waals surface area (Å²) < 4.78 is 0. The number of benzene rings is 1. The van der Waals surface area contributed by atoms with Crippen LogP contribution >= 0.6 is 0 Å². The van der Waals surface area contributed by atoms with Crippen LogP contribution in [0, 0.1) is 49.4 Å². The summed E-state index contributed by atoms with van der Waals surface area (Å²) in [4.78, 5) is 10.1. The average molecular weight is 300 g/mol. The van der Waals surface area contributed by atoms with E-state index >= 15 is 0 Å². The van der Waals surface area contributed by atoms with Crippen LogP contribution < -0.4 is 0 Å². The first kappa shape index (κ1) is 12.0. The summed E-state index contributed by atoms with van der Waals surface area (Å²) in [7, 11) is 0. The zero-order valence-electron chi connectivity index (χ0n) is 6.27. The number of carboxylic acids is 1. The maximum atomic E-state index is 10.1. The van der Waals surface area contributed by atoms with Crippen LogP contribution in [0.3, 0.4) is 0 Å². The first-order valence-electron chi connectivity index (χ1n) is 3.25. The Morgan fingerprint density at radius 1 is 1.25 bits per heavy atom. The summed E-state index contributed by atoms with van der Waals surface area (Å²) >= 11 is 0. The molecule has 0 aliphatic rings. The van der Waals surface area contributed by atoms with Gasteiger partial charge in [0, 0.05) is 55.5 Å².